The smallest absolute Gasteiger partial charge is 0.409 e. The van der Waals surface area contributed by atoms with E-state index in [9.17, 15) is 9.90 Å². The molecule has 2 N–H and O–H groups in total. The van der Waals surface area contributed by atoms with Gasteiger partial charge in [-0.15, -0.1) is 0 Å². The van der Waals surface area contributed by atoms with Gasteiger partial charge in [-0.1, -0.05) is 12.1 Å². The lowest BCUT2D eigenvalue weighted by atomic mass is 9.85. The van der Waals surface area contributed by atoms with Crippen molar-refractivity contribution >= 4 is 19.0 Å². The first-order valence-corrected chi connectivity index (χ1v) is 9.74. The number of hydrogen-bond acceptors (Lipinski definition) is 7. The number of rotatable bonds is 5. The van der Waals surface area contributed by atoms with Crippen molar-refractivity contribution in [3.05, 3.63) is 23.8 Å². The first kappa shape index (κ1) is 21.9. The molecule has 0 bridgehead atoms. The summed E-state index contributed by atoms with van der Waals surface area (Å²) in [5.74, 6) is 0.201. The number of ether oxygens (including phenoxy) is 4. The second kappa shape index (κ2) is 8.51. The fraction of sp³-hybridized carbons (Fsp3) is 0.650. The zero-order valence-electron chi connectivity index (χ0n) is 17.6. The number of hydrogen-bond donors (Lipinski definition) is 2. The lowest BCUT2D eigenvalue weighted by molar-refractivity contribution is -0.264. The van der Waals surface area contributed by atoms with E-state index < -0.39 is 29.8 Å². The van der Waals surface area contributed by atoms with E-state index in [1.54, 1.807) is 20.8 Å². The van der Waals surface area contributed by atoms with Crippen LogP contribution in [0.25, 0.3) is 0 Å². The Hall–Kier alpha value is -1.81. The summed E-state index contributed by atoms with van der Waals surface area (Å²) in [5.41, 5.74) is 0.802. The maximum atomic E-state index is 11.9. The lowest BCUT2D eigenvalue weighted by Crippen LogP contribution is -2.42. The molecule has 29 heavy (non-hydrogen) atoms. The number of benzene rings is 1. The molecule has 3 rings (SSSR count). The van der Waals surface area contributed by atoms with Gasteiger partial charge in [0.25, 0.3) is 0 Å². The van der Waals surface area contributed by atoms with Crippen LogP contribution in [0.4, 0.5) is 4.79 Å². The van der Waals surface area contributed by atoms with E-state index in [-0.39, 0.29) is 5.92 Å². The van der Waals surface area contributed by atoms with E-state index in [2.05, 4.69) is 5.32 Å². The van der Waals surface area contributed by atoms with Crippen molar-refractivity contribution in [2.75, 3.05) is 19.8 Å². The predicted octanol–water partition coefficient (Wildman–Crippen LogP) is 1.62. The topological polar surface area (TPSA) is 95.5 Å². The first-order valence-electron chi connectivity index (χ1n) is 9.74. The van der Waals surface area contributed by atoms with Gasteiger partial charge >= 0.3 is 13.6 Å². The molecule has 1 saturated heterocycles. The Morgan fingerprint density at radius 1 is 1.34 bits per heavy atom. The summed E-state index contributed by atoms with van der Waals surface area (Å²) in [6, 6.07) is 5.48. The molecule has 0 aromatic heterocycles. The molecule has 2 unspecified atom stereocenters. The molecule has 1 fully saturated rings. The fourth-order valence-electron chi connectivity index (χ4n) is 3.05. The summed E-state index contributed by atoms with van der Waals surface area (Å²) >= 11 is 0. The minimum atomic E-state index is -1.26. The maximum Gasteiger partial charge on any atom is 0.409 e. The van der Waals surface area contributed by atoms with Crippen LogP contribution in [-0.4, -0.2) is 56.1 Å². The summed E-state index contributed by atoms with van der Waals surface area (Å²) < 4.78 is 28.1. The lowest BCUT2D eigenvalue weighted by Gasteiger charge is -2.34. The molecule has 9 heteroatoms. The largest absolute Gasteiger partial charge is 0.494 e. The van der Waals surface area contributed by atoms with Crippen LogP contribution in [0.5, 0.6) is 5.75 Å². The molecular weight excluding hydrogens is 377 g/mol. The zero-order chi connectivity index (χ0) is 21.2. The maximum absolute atomic E-state index is 11.9. The van der Waals surface area contributed by atoms with Gasteiger partial charge in [0.1, 0.15) is 17.5 Å². The van der Waals surface area contributed by atoms with Crippen LogP contribution in [0.2, 0.25) is 0 Å². The van der Waals surface area contributed by atoms with E-state index in [1.807, 2.05) is 32.0 Å². The van der Waals surface area contributed by atoms with Crippen molar-refractivity contribution in [3.8, 4) is 5.75 Å². The molecule has 2 heterocycles. The monoisotopic (exact) mass is 406 g/mol. The number of nitrogens with one attached hydrogen (secondary N) is 1. The van der Waals surface area contributed by atoms with E-state index in [1.165, 1.54) is 7.48 Å². The summed E-state index contributed by atoms with van der Waals surface area (Å²) in [7, 11) is 1.53. The van der Waals surface area contributed by atoms with Crippen molar-refractivity contribution in [3.63, 3.8) is 0 Å². The Morgan fingerprint density at radius 3 is 2.69 bits per heavy atom. The van der Waals surface area contributed by atoms with E-state index >= 15 is 0 Å². The summed E-state index contributed by atoms with van der Waals surface area (Å²) in [4.78, 5) is 11.9. The van der Waals surface area contributed by atoms with Gasteiger partial charge in [0, 0.05) is 5.92 Å². The van der Waals surface area contributed by atoms with Crippen molar-refractivity contribution in [1.29, 1.82) is 0 Å². The molecule has 1 aromatic rings. The Labute approximate surface area is 172 Å². The Kier molecular flexibility index (Phi) is 6.43. The quantitative estimate of drug-likeness (QED) is 0.567. The van der Waals surface area contributed by atoms with Crippen molar-refractivity contribution < 1.29 is 33.5 Å². The Morgan fingerprint density at radius 2 is 2.03 bits per heavy atom. The van der Waals surface area contributed by atoms with Gasteiger partial charge in [-0.25, -0.2) is 4.79 Å². The molecule has 1 aromatic carbocycles. The average molecular weight is 406 g/mol. The molecule has 1 radical (unpaired) electrons. The first-order chi connectivity index (χ1) is 13.5. The van der Waals surface area contributed by atoms with E-state index in [4.69, 9.17) is 23.6 Å². The second-order valence-corrected chi connectivity index (χ2v) is 8.72. The molecule has 0 saturated carbocycles. The third-order valence-electron chi connectivity index (χ3n) is 4.50. The number of alkyl carbamates (subject to hydrolysis) is 1. The van der Waals surface area contributed by atoms with Gasteiger partial charge in [0.15, 0.2) is 12.0 Å². The van der Waals surface area contributed by atoms with Gasteiger partial charge in [-0.3, -0.25) is 5.32 Å². The van der Waals surface area contributed by atoms with Gasteiger partial charge in [0.2, 0.25) is 0 Å². The van der Waals surface area contributed by atoms with Crippen LogP contribution < -0.4 is 15.5 Å². The van der Waals surface area contributed by atoms with Gasteiger partial charge in [-0.05, 0) is 51.7 Å². The van der Waals surface area contributed by atoms with Crippen LogP contribution in [0.3, 0.4) is 0 Å². The number of amides is 1. The van der Waals surface area contributed by atoms with Gasteiger partial charge in [-0.2, -0.15) is 0 Å². The average Bonchev–Trinajstić information content (AvgIpc) is 3.04. The third-order valence-corrected chi connectivity index (χ3v) is 4.50. The highest BCUT2D eigenvalue weighted by molar-refractivity contribution is 6.50. The Bertz CT molecular complexity index is 724. The van der Waals surface area contributed by atoms with E-state index in [0.29, 0.717) is 25.6 Å². The minimum absolute atomic E-state index is 0.122. The normalized spacial score (nSPS) is 22.3. The van der Waals surface area contributed by atoms with Crippen LogP contribution in [0.1, 0.15) is 46.3 Å². The van der Waals surface area contributed by atoms with Crippen LogP contribution in [-0.2, 0) is 18.9 Å². The molecule has 159 valence electrons. The Balaban J connectivity index is 1.59. The summed E-state index contributed by atoms with van der Waals surface area (Å²) in [6.45, 7) is 10.6. The predicted molar refractivity (Wildman–Crippen MR) is 106 cm³/mol. The molecule has 0 aliphatic carbocycles. The van der Waals surface area contributed by atoms with Crippen molar-refractivity contribution in [2.45, 2.75) is 58.3 Å². The SMILES string of the molecule is CC(C)(C)OC(=O)NC(O)C1O[B]c2c(OCC3COC(C)(C)OC3)cccc21. The number of aliphatic hydroxyl groups excluding tert-OH is 1. The third kappa shape index (κ3) is 5.85. The summed E-state index contributed by atoms with van der Waals surface area (Å²) in [6.07, 6.45) is -2.72. The fourth-order valence-corrected chi connectivity index (χ4v) is 3.05. The number of fused-ring (bicyclic) bond motifs is 1. The highest BCUT2D eigenvalue weighted by atomic mass is 16.7. The minimum Gasteiger partial charge on any atom is -0.494 e. The highest BCUT2D eigenvalue weighted by Gasteiger charge is 2.35. The van der Waals surface area contributed by atoms with Crippen LogP contribution in [0.15, 0.2) is 18.2 Å². The molecule has 0 spiro atoms. The van der Waals surface area contributed by atoms with Gasteiger partial charge in [0.05, 0.1) is 19.8 Å². The molecular formula is C20H29BNO7. The second-order valence-electron chi connectivity index (χ2n) is 8.72. The van der Waals surface area contributed by atoms with Crippen LogP contribution >= 0.6 is 0 Å². The van der Waals surface area contributed by atoms with E-state index in [0.717, 1.165) is 11.0 Å². The number of carbonyl (C=O) groups is 1. The molecule has 2 aliphatic rings. The van der Waals surface area contributed by atoms with Gasteiger partial charge < -0.3 is 28.7 Å². The number of aliphatic hydroxyl groups is 1. The molecule has 1 amide bonds. The molecule has 2 atom stereocenters. The van der Waals surface area contributed by atoms with Crippen LogP contribution in [0, 0.1) is 5.92 Å². The zero-order valence-corrected chi connectivity index (χ0v) is 17.6. The molecule has 8 nitrogen and oxygen atoms in total. The number of carbonyl (C=O) groups excluding carboxylic acids is 1. The highest BCUT2D eigenvalue weighted by Crippen LogP contribution is 2.28. The summed E-state index contributed by atoms with van der Waals surface area (Å²) in [5, 5.41) is 12.8. The van der Waals surface area contributed by atoms with Crippen molar-refractivity contribution in [1.82, 2.24) is 5.32 Å². The standard InChI is InChI=1S/C20H29BNO7/c1-19(2,3)28-18(24)22-17(23)16-13-7-6-8-14(15(13)21-29-16)25-9-12-10-26-20(4,5)27-11-12/h6-8,12,16-17,23H,9-11H2,1-5H3,(H,22,24). The molecule has 2 aliphatic heterocycles. The van der Waals surface area contributed by atoms with Crippen molar-refractivity contribution in [2.24, 2.45) is 5.92 Å².